The molecule has 0 bridgehead atoms. The van der Waals surface area contributed by atoms with E-state index in [0.29, 0.717) is 11.5 Å². The summed E-state index contributed by atoms with van der Waals surface area (Å²) in [5.41, 5.74) is -0.121. The van der Waals surface area contributed by atoms with Crippen molar-refractivity contribution in [1.29, 1.82) is 0 Å². The summed E-state index contributed by atoms with van der Waals surface area (Å²) in [6.07, 6.45) is -2.91. The van der Waals surface area contributed by atoms with Crippen molar-refractivity contribution in [3.8, 4) is 0 Å². The smallest absolute Gasteiger partial charge is 0.333 e. The van der Waals surface area contributed by atoms with Gasteiger partial charge < -0.3 is 10.6 Å². The standard InChI is InChI=1S/C13H15F3N6O/c1-8-17-4-3-9(20-8)6-18-12(23)19-7-10-5-11(13(14,15)16)22(2)21-10/h3-5H,6-7H2,1-2H3,(H2,18,19,23). The highest BCUT2D eigenvalue weighted by atomic mass is 19.4. The highest BCUT2D eigenvalue weighted by Crippen LogP contribution is 2.29. The van der Waals surface area contributed by atoms with E-state index in [2.05, 4.69) is 25.7 Å². The Bertz CT molecular complexity index is 697. The third kappa shape index (κ3) is 4.66. The summed E-state index contributed by atoms with van der Waals surface area (Å²) < 4.78 is 38.6. The summed E-state index contributed by atoms with van der Waals surface area (Å²) in [7, 11) is 1.20. The molecule has 0 aliphatic heterocycles. The lowest BCUT2D eigenvalue weighted by Gasteiger charge is -2.06. The van der Waals surface area contributed by atoms with Crippen molar-refractivity contribution in [2.24, 2.45) is 7.05 Å². The van der Waals surface area contributed by atoms with Crippen molar-refractivity contribution in [2.45, 2.75) is 26.2 Å². The Morgan fingerprint density at radius 1 is 1.26 bits per heavy atom. The number of hydrogen-bond donors (Lipinski definition) is 2. The maximum Gasteiger partial charge on any atom is 0.433 e. The van der Waals surface area contributed by atoms with Crippen molar-refractivity contribution in [3.05, 3.63) is 41.2 Å². The van der Waals surface area contributed by atoms with Crippen LogP contribution in [0.15, 0.2) is 18.3 Å². The predicted molar refractivity (Wildman–Crippen MR) is 74.1 cm³/mol. The molecule has 2 heterocycles. The largest absolute Gasteiger partial charge is 0.433 e. The maximum absolute atomic E-state index is 12.6. The summed E-state index contributed by atoms with van der Waals surface area (Å²) in [4.78, 5) is 19.7. The van der Waals surface area contributed by atoms with Crippen LogP contribution in [0.4, 0.5) is 18.0 Å². The number of aryl methyl sites for hydroxylation is 2. The zero-order valence-corrected chi connectivity index (χ0v) is 12.5. The molecule has 0 aromatic carbocycles. The maximum atomic E-state index is 12.6. The summed E-state index contributed by atoms with van der Waals surface area (Å²) in [6, 6.07) is 2.02. The zero-order chi connectivity index (χ0) is 17.0. The van der Waals surface area contributed by atoms with Gasteiger partial charge >= 0.3 is 12.2 Å². The summed E-state index contributed by atoms with van der Waals surface area (Å²) in [5, 5.41) is 8.70. The van der Waals surface area contributed by atoms with Crippen LogP contribution >= 0.6 is 0 Å². The van der Waals surface area contributed by atoms with E-state index < -0.39 is 17.9 Å². The van der Waals surface area contributed by atoms with E-state index in [4.69, 9.17) is 0 Å². The molecule has 0 aliphatic rings. The number of nitrogens with zero attached hydrogens (tertiary/aromatic N) is 4. The van der Waals surface area contributed by atoms with E-state index in [0.717, 1.165) is 10.7 Å². The van der Waals surface area contributed by atoms with E-state index in [1.807, 2.05) is 0 Å². The van der Waals surface area contributed by atoms with Crippen LogP contribution in [-0.4, -0.2) is 25.8 Å². The van der Waals surface area contributed by atoms with Gasteiger partial charge in [0.1, 0.15) is 11.5 Å². The van der Waals surface area contributed by atoms with Gasteiger partial charge in [0.15, 0.2) is 0 Å². The summed E-state index contributed by atoms with van der Waals surface area (Å²) >= 11 is 0. The molecule has 0 radical (unpaired) electrons. The third-order valence-corrected chi connectivity index (χ3v) is 2.91. The quantitative estimate of drug-likeness (QED) is 0.891. The molecule has 0 saturated carbocycles. The lowest BCUT2D eigenvalue weighted by molar-refractivity contribution is -0.143. The first kappa shape index (κ1) is 16.7. The Morgan fingerprint density at radius 2 is 1.91 bits per heavy atom. The first-order valence-electron chi connectivity index (χ1n) is 6.66. The van der Waals surface area contributed by atoms with Crippen molar-refractivity contribution in [1.82, 2.24) is 30.4 Å². The third-order valence-electron chi connectivity index (χ3n) is 2.91. The Hall–Kier alpha value is -2.65. The van der Waals surface area contributed by atoms with Gasteiger partial charge in [0.2, 0.25) is 0 Å². The van der Waals surface area contributed by atoms with Gasteiger partial charge in [-0.25, -0.2) is 14.8 Å². The Labute approximate surface area is 129 Å². The van der Waals surface area contributed by atoms with Crippen molar-refractivity contribution < 1.29 is 18.0 Å². The summed E-state index contributed by atoms with van der Waals surface area (Å²) in [6.45, 7) is 1.80. The van der Waals surface area contributed by atoms with Crippen LogP contribution in [0, 0.1) is 6.92 Å². The molecule has 0 fully saturated rings. The number of halogens is 3. The molecule has 0 spiro atoms. The monoisotopic (exact) mass is 328 g/mol. The molecule has 2 rings (SSSR count). The first-order chi connectivity index (χ1) is 10.8. The number of carbonyl (C=O) groups excluding carboxylic acids is 1. The van der Waals surface area contributed by atoms with Crippen LogP contribution < -0.4 is 10.6 Å². The van der Waals surface area contributed by atoms with Crippen LogP contribution in [-0.2, 0) is 26.3 Å². The summed E-state index contributed by atoms with van der Waals surface area (Å²) in [5.74, 6) is 0.581. The number of aromatic nitrogens is 4. The number of urea groups is 1. The highest BCUT2D eigenvalue weighted by molar-refractivity contribution is 5.73. The topological polar surface area (TPSA) is 84.7 Å². The highest BCUT2D eigenvalue weighted by Gasteiger charge is 2.34. The molecule has 23 heavy (non-hydrogen) atoms. The van der Waals surface area contributed by atoms with Gasteiger partial charge in [0.25, 0.3) is 0 Å². The lowest BCUT2D eigenvalue weighted by Crippen LogP contribution is -2.34. The molecular weight excluding hydrogens is 313 g/mol. The van der Waals surface area contributed by atoms with Gasteiger partial charge in [0.05, 0.1) is 24.5 Å². The minimum Gasteiger partial charge on any atom is -0.333 e. The SMILES string of the molecule is Cc1nccc(CNC(=O)NCc2cc(C(F)(F)F)n(C)n2)n1. The fourth-order valence-electron chi connectivity index (χ4n) is 1.89. The second-order valence-corrected chi connectivity index (χ2v) is 4.77. The van der Waals surface area contributed by atoms with Crippen molar-refractivity contribution in [2.75, 3.05) is 0 Å². The van der Waals surface area contributed by atoms with Gasteiger partial charge in [-0.1, -0.05) is 0 Å². The van der Waals surface area contributed by atoms with E-state index in [-0.39, 0.29) is 18.8 Å². The van der Waals surface area contributed by atoms with E-state index >= 15 is 0 Å². The van der Waals surface area contributed by atoms with Crippen LogP contribution in [0.1, 0.15) is 22.9 Å². The number of amides is 2. The molecule has 10 heteroatoms. The average molecular weight is 328 g/mol. The normalized spacial score (nSPS) is 11.3. The molecule has 0 aliphatic carbocycles. The van der Waals surface area contributed by atoms with Gasteiger partial charge in [-0.05, 0) is 19.1 Å². The van der Waals surface area contributed by atoms with Gasteiger partial charge in [-0.15, -0.1) is 0 Å². The molecular formula is C13H15F3N6O. The molecule has 7 nitrogen and oxygen atoms in total. The molecule has 2 aromatic heterocycles. The van der Waals surface area contributed by atoms with Crippen LogP contribution in [0.2, 0.25) is 0 Å². The molecule has 124 valence electrons. The van der Waals surface area contributed by atoms with E-state index in [1.165, 1.54) is 7.05 Å². The van der Waals surface area contributed by atoms with Crippen molar-refractivity contribution in [3.63, 3.8) is 0 Å². The molecule has 2 aromatic rings. The molecule has 0 saturated heterocycles. The Balaban J connectivity index is 1.85. The average Bonchev–Trinajstić information content (AvgIpc) is 2.84. The minimum atomic E-state index is -4.48. The van der Waals surface area contributed by atoms with Crippen LogP contribution in [0.5, 0.6) is 0 Å². The number of hydrogen-bond acceptors (Lipinski definition) is 4. The fraction of sp³-hybridized carbons (Fsp3) is 0.385. The minimum absolute atomic E-state index is 0.113. The van der Waals surface area contributed by atoms with Crippen LogP contribution in [0.3, 0.4) is 0 Å². The van der Waals surface area contributed by atoms with Gasteiger partial charge in [-0.2, -0.15) is 18.3 Å². The molecule has 0 atom stereocenters. The molecule has 2 amide bonds. The number of rotatable bonds is 4. The second-order valence-electron chi connectivity index (χ2n) is 4.77. The van der Waals surface area contributed by atoms with E-state index in [1.54, 1.807) is 19.2 Å². The second kappa shape index (κ2) is 6.63. The lowest BCUT2D eigenvalue weighted by atomic mass is 10.3. The van der Waals surface area contributed by atoms with Gasteiger partial charge in [0, 0.05) is 13.2 Å². The first-order valence-corrected chi connectivity index (χ1v) is 6.66. The number of carbonyl (C=O) groups is 1. The molecule has 2 N–H and O–H groups in total. The zero-order valence-electron chi connectivity index (χ0n) is 12.5. The van der Waals surface area contributed by atoms with Crippen LogP contribution in [0.25, 0.3) is 0 Å². The number of nitrogens with one attached hydrogen (secondary N) is 2. The van der Waals surface area contributed by atoms with E-state index in [9.17, 15) is 18.0 Å². The van der Waals surface area contributed by atoms with Gasteiger partial charge in [-0.3, -0.25) is 4.68 Å². The number of alkyl halides is 3. The predicted octanol–water partition coefficient (Wildman–Crippen LogP) is 1.54. The Morgan fingerprint density at radius 3 is 2.48 bits per heavy atom. The fourth-order valence-corrected chi connectivity index (χ4v) is 1.89. The molecule has 0 unspecified atom stereocenters. The van der Waals surface area contributed by atoms with Crippen molar-refractivity contribution >= 4 is 6.03 Å². The Kier molecular flexibility index (Phi) is 4.82.